The highest BCUT2D eigenvalue weighted by Gasteiger charge is 2.25. The van der Waals surface area contributed by atoms with Crippen molar-refractivity contribution < 1.29 is 9.90 Å². The summed E-state index contributed by atoms with van der Waals surface area (Å²) < 4.78 is 1.89. The fraction of sp³-hybridized carbons (Fsp3) is 0.500. The van der Waals surface area contributed by atoms with Crippen molar-refractivity contribution >= 4 is 5.91 Å². The van der Waals surface area contributed by atoms with Crippen LogP contribution in [0.15, 0.2) is 36.5 Å². The lowest BCUT2D eigenvalue weighted by molar-refractivity contribution is -0.131. The molecule has 2 heterocycles. The summed E-state index contributed by atoms with van der Waals surface area (Å²) in [5, 5.41) is 13.4. The Balaban J connectivity index is 1.56. The van der Waals surface area contributed by atoms with Crippen LogP contribution in [0, 0.1) is 0 Å². The molecular weight excluding hydrogens is 314 g/mol. The van der Waals surface area contributed by atoms with Gasteiger partial charge in [0.2, 0.25) is 5.91 Å². The smallest absolute Gasteiger partial charge is 0.226 e. The number of amides is 1. The van der Waals surface area contributed by atoms with Gasteiger partial charge in [-0.1, -0.05) is 31.2 Å². The number of aliphatic hydroxyl groups is 1. The molecule has 1 aromatic heterocycles. The molecule has 1 aliphatic heterocycles. The van der Waals surface area contributed by atoms with Gasteiger partial charge in [0.1, 0.15) is 0 Å². The number of aliphatic hydroxyl groups excluding tert-OH is 1. The molecule has 3 rings (SSSR count). The average molecular weight is 341 g/mol. The molecule has 134 valence electrons. The summed E-state index contributed by atoms with van der Waals surface area (Å²) in [4.78, 5) is 14.6. The lowest BCUT2D eigenvalue weighted by Crippen LogP contribution is -2.39. The third-order valence-electron chi connectivity index (χ3n) is 5.08. The van der Waals surface area contributed by atoms with Crippen LogP contribution >= 0.6 is 0 Å². The van der Waals surface area contributed by atoms with Crippen molar-refractivity contribution in [3.63, 3.8) is 0 Å². The van der Waals surface area contributed by atoms with Gasteiger partial charge in [-0.3, -0.25) is 9.48 Å². The summed E-state index contributed by atoms with van der Waals surface area (Å²) in [7, 11) is 0. The molecule has 0 aliphatic carbocycles. The fourth-order valence-electron chi connectivity index (χ4n) is 3.64. The van der Waals surface area contributed by atoms with Crippen LogP contribution in [0.2, 0.25) is 0 Å². The van der Waals surface area contributed by atoms with Crippen molar-refractivity contribution in [2.24, 2.45) is 0 Å². The Labute approximate surface area is 149 Å². The lowest BCUT2D eigenvalue weighted by atomic mass is 9.93. The predicted octanol–water partition coefficient (Wildman–Crippen LogP) is 2.39. The van der Waals surface area contributed by atoms with E-state index < -0.39 is 0 Å². The number of benzene rings is 1. The Kier molecular flexibility index (Phi) is 5.87. The van der Waals surface area contributed by atoms with Crippen molar-refractivity contribution in [2.45, 2.75) is 45.1 Å². The Morgan fingerprint density at radius 2 is 2.00 bits per heavy atom. The molecule has 1 aromatic carbocycles. The number of carbonyl (C=O) groups is 1. The number of nitrogens with zero attached hydrogens (tertiary/aromatic N) is 3. The molecule has 0 unspecified atom stereocenters. The zero-order valence-corrected chi connectivity index (χ0v) is 14.9. The van der Waals surface area contributed by atoms with Crippen LogP contribution in [-0.2, 0) is 24.2 Å². The summed E-state index contributed by atoms with van der Waals surface area (Å²) in [5.41, 5.74) is 3.56. The van der Waals surface area contributed by atoms with Gasteiger partial charge in [-0.25, -0.2) is 0 Å². The van der Waals surface area contributed by atoms with Gasteiger partial charge in [0.05, 0.1) is 19.6 Å². The van der Waals surface area contributed by atoms with Gasteiger partial charge >= 0.3 is 0 Å². The molecule has 1 amide bonds. The monoisotopic (exact) mass is 341 g/mol. The number of rotatable bonds is 6. The van der Waals surface area contributed by atoms with E-state index in [0.29, 0.717) is 18.9 Å². The van der Waals surface area contributed by atoms with Crippen LogP contribution in [-0.4, -0.2) is 45.4 Å². The van der Waals surface area contributed by atoms with Gasteiger partial charge in [0.15, 0.2) is 0 Å². The second-order valence-electron chi connectivity index (χ2n) is 6.71. The van der Waals surface area contributed by atoms with Crippen molar-refractivity contribution in [1.82, 2.24) is 14.7 Å². The SMILES string of the molecule is CCc1cccc(CC(=O)N2CCC(c3ccnn3CCO)CC2)c1. The van der Waals surface area contributed by atoms with Crippen LogP contribution in [0.1, 0.15) is 42.5 Å². The number of hydrogen-bond acceptors (Lipinski definition) is 3. The van der Waals surface area contributed by atoms with E-state index >= 15 is 0 Å². The molecule has 5 heteroatoms. The maximum atomic E-state index is 12.6. The summed E-state index contributed by atoms with van der Waals surface area (Å²) >= 11 is 0. The largest absolute Gasteiger partial charge is 0.394 e. The average Bonchev–Trinajstić information content (AvgIpc) is 3.10. The fourth-order valence-corrected chi connectivity index (χ4v) is 3.64. The quantitative estimate of drug-likeness (QED) is 0.878. The van der Waals surface area contributed by atoms with Crippen LogP contribution in [0.4, 0.5) is 0 Å². The highest BCUT2D eigenvalue weighted by atomic mass is 16.3. The first-order chi connectivity index (χ1) is 12.2. The first-order valence-electron chi connectivity index (χ1n) is 9.19. The molecule has 1 aliphatic rings. The van der Waals surface area contributed by atoms with E-state index in [1.807, 2.05) is 27.8 Å². The minimum Gasteiger partial charge on any atom is -0.394 e. The van der Waals surface area contributed by atoms with E-state index in [1.165, 1.54) is 11.3 Å². The maximum absolute atomic E-state index is 12.6. The molecule has 0 saturated carbocycles. The number of hydrogen-bond donors (Lipinski definition) is 1. The molecule has 2 aromatic rings. The Hall–Kier alpha value is -2.14. The zero-order chi connectivity index (χ0) is 17.6. The Morgan fingerprint density at radius 3 is 2.72 bits per heavy atom. The van der Waals surface area contributed by atoms with Gasteiger partial charge < -0.3 is 10.0 Å². The minimum atomic E-state index is 0.100. The molecule has 1 saturated heterocycles. The van der Waals surface area contributed by atoms with E-state index in [0.717, 1.165) is 37.9 Å². The van der Waals surface area contributed by atoms with Gasteiger partial charge in [0, 0.05) is 30.9 Å². The molecule has 0 spiro atoms. The molecular formula is C20H27N3O2. The van der Waals surface area contributed by atoms with E-state index in [4.69, 9.17) is 5.11 Å². The first kappa shape index (κ1) is 17.7. The number of carbonyl (C=O) groups excluding carboxylic acids is 1. The third kappa shape index (κ3) is 4.28. The Bertz CT molecular complexity index is 702. The van der Waals surface area contributed by atoms with E-state index in [2.05, 4.69) is 24.2 Å². The van der Waals surface area contributed by atoms with Crippen molar-refractivity contribution in [3.8, 4) is 0 Å². The number of likely N-dealkylation sites (tertiary alicyclic amines) is 1. The normalized spacial score (nSPS) is 15.5. The minimum absolute atomic E-state index is 0.100. The second-order valence-corrected chi connectivity index (χ2v) is 6.71. The highest BCUT2D eigenvalue weighted by Crippen LogP contribution is 2.28. The standard InChI is InChI=1S/C20H27N3O2/c1-2-16-4-3-5-17(14-16)15-20(25)22-10-7-18(8-11-22)19-6-9-21-23(19)12-13-24/h3-6,9,14,18,24H,2,7-8,10-13,15H2,1H3. The third-order valence-corrected chi connectivity index (χ3v) is 5.08. The molecule has 0 bridgehead atoms. The first-order valence-corrected chi connectivity index (χ1v) is 9.19. The van der Waals surface area contributed by atoms with Gasteiger partial charge in [-0.2, -0.15) is 5.10 Å². The summed E-state index contributed by atoms with van der Waals surface area (Å²) in [6, 6.07) is 10.4. The molecule has 5 nitrogen and oxygen atoms in total. The summed E-state index contributed by atoms with van der Waals surface area (Å²) in [6.07, 6.45) is 5.19. The molecule has 0 atom stereocenters. The van der Waals surface area contributed by atoms with Crippen molar-refractivity contribution in [3.05, 3.63) is 53.3 Å². The van der Waals surface area contributed by atoms with Crippen LogP contribution < -0.4 is 0 Å². The maximum Gasteiger partial charge on any atom is 0.226 e. The molecule has 1 N–H and O–H groups in total. The number of piperidine rings is 1. The van der Waals surface area contributed by atoms with Crippen LogP contribution in [0.3, 0.4) is 0 Å². The van der Waals surface area contributed by atoms with Gasteiger partial charge in [-0.05, 0) is 36.5 Å². The summed E-state index contributed by atoms with van der Waals surface area (Å²) in [6.45, 7) is 4.35. The van der Waals surface area contributed by atoms with E-state index in [1.54, 1.807) is 6.20 Å². The Morgan fingerprint density at radius 1 is 1.24 bits per heavy atom. The van der Waals surface area contributed by atoms with Crippen molar-refractivity contribution in [2.75, 3.05) is 19.7 Å². The molecule has 1 fully saturated rings. The lowest BCUT2D eigenvalue weighted by Gasteiger charge is -2.32. The van der Waals surface area contributed by atoms with Crippen molar-refractivity contribution in [1.29, 1.82) is 0 Å². The predicted molar refractivity (Wildman–Crippen MR) is 97.4 cm³/mol. The van der Waals surface area contributed by atoms with E-state index in [-0.39, 0.29) is 12.5 Å². The zero-order valence-electron chi connectivity index (χ0n) is 14.9. The molecule has 25 heavy (non-hydrogen) atoms. The van der Waals surface area contributed by atoms with Crippen LogP contribution in [0.5, 0.6) is 0 Å². The van der Waals surface area contributed by atoms with Gasteiger partial charge in [0.25, 0.3) is 0 Å². The van der Waals surface area contributed by atoms with Crippen LogP contribution in [0.25, 0.3) is 0 Å². The molecule has 0 radical (unpaired) electrons. The highest BCUT2D eigenvalue weighted by molar-refractivity contribution is 5.79. The van der Waals surface area contributed by atoms with E-state index in [9.17, 15) is 4.79 Å². The van der Waals surface area contributed by atoms with Gasteiger partial charge in [-0.15, -0.1) is 0 Å². The number of aromatic nitrogens is 2. The summed E-state index contributed by atoms with van der Waals surface area (Å²) in [5.74, 6) is 0.636. The topological polar surface area (TPSA) is 58.4 Å². The second kappa shape index (κ2) is 8.30. The number of aryl methyl sites for hydroxylation is 1.